The molecule has 1 amide bonds. The van der Waals surface area contributed by atoms with E-state index in [0.29, 0.717) is 23.1 Å². The Bertz CT molecular complexity index is 2000. The average Bonchev–Trinajstić information content (AvgIpc) is 3.09. The molecule has 5 rings (SSSR count). The molecule has 0 aromatic heterocycles. The summed E-state index contributed by atoms with van der Waals surface area (Å²) in [5, 5.41) is 42.8. The third kappa shape index (κ3) is 9.14. The van der Waals surface area contributed by atoms with Gasteiger partial charge in [-0.15, -0.1) is 0 Å². The normalized spacial score (nSPS) is 13.5. The molecule has 0 bridgehead atoms. The summed E-state index contributed by atoms with van der Waals surface area (Å²) in [5.74, 6) is -2.77. The van der Waals surface area contributed by atoms with Crippen LogP contribution < -0.4 is 14.2 Å². The van der Waals surface area contributed by atoms with Crippen LogP contribution in [0.5, 0.6) is 17.2 Å². The van der Waals surface area contributed by atoms with Gasteiger partial charge in [0.1, 0.15) is 6.61 Å². The molecule has 16 heteroatoms. The molecule has 1 aliphatic rings. The van der Waals surface area contributed by atoms with Crippen molar-refractivity contribution < 1.29 is 58.5 Å². The van der Waals surface area contributed by atoms with E-state index in [1.54, 1.807) is 36.4 Å². The highest BCUT2D eigenvalue weighted by atomic mass is 16.7. The molecular weight excluding hydrogens is 670 g/mol. The number of hydrogen-bond acceptors (Lipinski definition) is 11. The number of ether oxygens (including phenoxy) is 3. The zero-order valence-corrected chi connectivity index (χ0v) is 26.5. The first-order valence-corrected chi connectivity index (χ1v) is 15.2. The quantitative estimate of drug-likeness (QED) is 0.0444. The van der Waals surface area contributed by atoms with Gasteiger partial charge in [-0.3, -0.25) is 14.9 Å². The van der Waals surface area contributed by atoms with E-state index in [2.05, 4.69) is 9.89 Å². The second-order valence-corrected chi connectivity index (χ2v) is 11.1. The molecule has 0 unspecified atom stereocenters. The number of amides is 1. The topological polar surface area (TPSA) is 225 Å². The molecule has 0 radical (unpaired) electrons. The number of hydrogen-bond donors (Lipinski definition) is 3. The summed E-state index contributed by atoms with van der Waals surface area (Å²) in [6.07, 6.45) is -2.04. The maximum Gasteiger partial charge on any atom is 0.511 e. The van der Waals surface area contributed by atoms with Crippen molar-refractivity contribution in [1.82, 2.24) is 4.90 Å². The maximum absolute atomic E-state index is 14.5. The van der Waals surface area contributed by atoms with Crippen molar-refractivity contribution in [2.75, 3.05) is 0 Å². The van der Waals surface area contributed by atoms with Gasteiger partial charge in [0.2, 0.25) is 0 Å². The van der Waals surface area contributed by atoms with E-state index in [9.17, 15) is 39.5 Å². The second kappa shape index (κ2) is 16.0. The Morgan fingerprint density at radius 1 is 0.824 bits per heavy atom. The summed E-state index contributed by atoms with van der Waals surface area (Å²) in [7, 11) is 0. The van der Waals surface area contributed by atoms with E-state index in [4.69, 9.17) is 19.4 Å². The molecule has 51 heavy (non-hydrogen) atoms. The van der Waals surface area contributed by atoms with Crippen LogP contribution in [0.4, 0.5) is 20.1 Å². The van der Waals surface area contributed by atoms with Gasteiger partial charge in [-0.1, -0.05) is 47.6 Å². The minimum atomic E-state index is -1.86. The predicted molar refractivity (Wildman–Crippen MR) is 176 cm³/mol. The monoisotopic (exact) mass is 699 g/mol. The summed E-state index contributed by atoms with van der Waals surface area (Å²) >= 11 is 0. The summed E-state index contributed by atoms with van der Waals surface area (Å²) in [6.45, 7) is 0.0420. The first-order valence-electron chi connectivity index (χ1n) is 15.2. The lowest BCUT2D eigenvalue weighted by molar-refractivity contribution is -0.384. The summed E-state index contributed by atoms with van der Waals surface area (Å²) in [4.78, 5) is 66.2. The Hall–Kier alpha value is -6.97. The third-order valence-corrected chi connectivity index (χ3v) is 7.80. The van der Waals surface area contributed by atoms with Crippen molar-refractivity contribution >= 4 is 36.3 Å². The van der Waals surface area contributed by atoms with Gasteiger partial charge in [-0.2, -0.15) is 0 Å². The van der Waals surface area contributed by atoms with Crippen molar-refractivity contribution in [3.05, 3.63) is 128 Å². The highest BCUT2D eigenvalue weighted by Gasteiger charge is 2.33. The molecule has 4 aromatic carbocycles. The number of aryl methyl sites for hydroxylation is 1. The lowest BCUT2D eigenvalue weighted by Gasteiger charge is -2.36. The fourth-order valence-electron chi connectivity index (χ4n) is 5.66. The average molecular weight is 700 g/mol. The van der Waals surface area contributed by atoms with Crippen molar-refractivity contribution in [2.24, 2.45) is 5.16 Å². The number of benzene rings is 4. The van der Waals surface area contributed by atoms with Gasteiger partial charge in [0, 0.05) is 30.8 Å². The van der Waals surface area contributed by atoms with Gasteiger partial charge < -0.3 is 39.3 Å². The zero-order chi connectivity index (χ0) is 36.5. The van der Waals surface area contributed by atoms with Crippen LogP contribution in [-0.4, -0.2) is 55.7 Å². The van der Waals surface area contributed by atoms with Crippen LogP contribution in [-0.2, 0) is 24.4 Å². The van der Waals surface area contributed by atoms with E-state index in [1.165, 1.54) is 23.2 Å². The minimum absolute atomic E-state index is 0.0157. The van der Waals surface area contributed by atoms with Gasteiger partial charge in [0.05, 0.1) is 22.7 Å². The molecule has 0 saturated heterocycles. The number of carbonyl (C=O) groups is 4. The Morgan fingerprint density at radius 3 is 2.18 bits per heavy atom. The Labute approximate surface area is 288 Å². The van der Waals surface area contributed by atoms with Gasteiger partial charge in [-0.05, 0) is 65.3 Å². The highest BCUT2D eigenvalue weighted by Crippen LogP contribution is 2.40. The number of carboxylic acid groups (broad SMARTS) is 3. The molecule has 0 saturated carbocycles. The molecule has 0 aliphatic heterocycles. The van der Waals surface area contributed by atoms with Crippen molar-refractivity contribution in [3.63, 3.8) is 0 Å². The molecule has 16 nitrogen and oxygen atoms in total. The van der Waals surface area contributed by atoms with Crippen LogP contribution in [0.15, 0.2) is 90.1 Å². The molecule has 0 fully saturated rings. The number of nitro benzene ring substituents is 1. The van der Waals surface area contributed by atoms with Gasteiger partial charge in [0.25, 0.3) is 11.6 Å². The lowest BCUT2D eigenvalue weighted by atomic mass is 9.86. The van der Waals surface area contributed by atoms with Gasteiger partial charge in [-0.25, -0.2) is 14.4 Å². The van der Waals surface area contributed by atoms with Crippen LogP contribution in [0, 0.1) is 10.1 Å². The van der Waals surface area contributed by atoms with E-state index in [-0.39, 0.29) is 18.8 Å². The van der Waals surface area contributed by atoms with Gasteiger partial charge >= 0.3 is 18.5 Å². The van der Waals surface area contributed by atoms with Crippen molar-refractivity contribution in [2.45, 2.75) is 38.5 Å². The summed E-state index contributed by atoms with van der Waals surface area (Å²) < 4.78 is 14.2. The number of nitrogens with zero attached hydrogens (tertiary/aromatic N) is 3. The summed E-state index contributed by atoms with van der Waals surface area (Å²) in [5.41, 5.74) is 3.31. The standard InChI is InChI=1S/C35H29N3O13/c39-32(27-16-30(50-34(42)43)31(51-35(44)45)17-29(27)49-33(40)41)37(28-10-4-8-24-7-1-2-9-26(24)28)19-23-6-3-5-22(15-23)18-36-48-20-21-11-13-25(14-12-21)38(46)47/h1-3,5-7,9,11-18,28H,4,8,10,19-20H2,(H,40,41)(H,42,43)(H,44,45)/t28-/m0/s1. The van der Waals surface area contributed by atoms with Crippen LogP contribution in [0.3, 0.4) is 0 Å². The second-order valence-electron chi connectivity index (χ2n) is 11.1. The van der Waals surface area contributed by atoms with Crippen molar-refractivity contribution in [3.8, 4) is 17.2 Å². The van der Waals surface area contributed by atoms with E-state index < -0.39 is 58.2 Å². The van der Waals surface area contributed by atoms with E-state index >= 15 is 0 Å². The van der Waals surface area contributed by atoms with Crippen LogP contribution in [0.1, 0.15) is 57.1 Å². The van der Waals surface area contributed by atoms with Gasteiger partial charge in [0.15, 0.2) is 17.2 Å². The smallest absolute Gasteiger partial charge is 0.449 e. The molecule has 1 atom stereocenters. The number of nitro groups is 1. The number of oxime groups is 1. The van der Waals surface area contributed by atoms with E-state index in [1.807, 2.05) is 24.3 Å². The molecular formula is C35H29N3O13. The Kier molecular flexibility index (Phi) is 11.1. The summed E-state index contributed by atoms with van der Waals surface area (Å²) in [6, 6.07) is 21.5. The van der Waals surface area contributed by atoms with Crippen LogP contribution in [0.25, 0.3) is 0 Å². The fourth-order valence-corrected chi connectivity index (χ4v) is 5.66. The minimum Gasteiger partial charge on any atom is -0.449 e. The Morgan fingerprint density at radius 2 is 1.49 bits per heavy atom. The van der Waals surface area contributed by atoms with Crippen molar-refractivity contribution in [1.29, 1.82) is 0 Å². The van der Waals surface area contributed by atoms with Crippen LogP contribution in [0.2, 0.25) is 0 Å². The third-order valence-electron chi connectivity index (χ3n) is 7.80. The number of rotatable bonds is 12. The number of fused-ring (bicyclic) bond motifs is 1. The molecule has 0 spiro atoms. The van der Waals surface area contributed by atoms with E-state index in [0.717, 1.165) is 36.1 Å². The molecule has 0 heterocycles. The fraction of sp³-hybridized carbons (Fsp3) is 0.171. The molecule has 262 valence electrons. The SMILES string of the molecule is O=C(O)Oc1cc(OC(=O)O)c(C(=O)N(Cc2cccc(C=NOCc3ccc([N+](=O)[O-])cc3)c2)[C@H]2CCCc3ccccc32)cc1OC(=O)O. The number of non-ortho nitro benzene ring substituents is 1. The first kappa shape index (κ1) is 35.3. The largest absolute Gasteiger partial charge is 0.511 e. The van der Waals surface area contributed by atoms with Crippen LogP contribution >= 0.6 is 0 Å². The predicted octanol–water partition coefficient (Wildman–Crippen LogP) is 7.04. The first-order chi connectivity index (χ1) is 24.5. The number of carbonyl (C=O) groups excluding carboxylic acids is 1. The molecule has 1 aliphatic carbocycles. The molecule has 4 aromatic rings. The maximum atomic E-state index is 14.5. The highest BCUT2D eigenvalue weighted by molar-refractivity contribution is 5.99. The molecule has 3 N–H and O–H groups in total. The lowest BCUT2D eigenvalue weighted by Crippen LogP contribution is -2.36. The Balaban J connectivity index is 1.48. The zero-order valence-electron chi connectivity index (χ0n) is 26.5.